The minimum absolute atomic E-state index is 0.599. The molecule has 0 aromatic rings. The van der Waals surface area contributed by atoms with E-state index in [1.54, 1.807) is 0 Å². The van der Waals surface area contributed by atoms with Crippen LogP contribution in [0, 0.1) is 11.8 Å². The highest BCUT2D eigenvalue weighted by atomic mass is 16.5. The van der Waals surface area contributed by atoms with E-state index in [-0.39, 0.29) is 0 Å². The number of rotatable bonds is 6. The smallest absolute Gasteiger partial charge is 0.0575 e. The highest BCUT2D eigenvalue weighted by Gasteiger charge is 2.28. The van der Waals surface area contributed by atoms with E-state index in [1.807, 2.05) is 0 Å². The largest absolute Gasteiger partial charge is 0.378 e. The molecule has 0 bridgehead atoms. The Morgan fingerprint density at radius 1 is 0.778 bits per heavy atom. The lowest BCUT2D eigenvalue weighted by Gasteiger charge is -2.35. The highest BCUT2D eigenvalue weighted by molar-refractivity contribution is 4.80. The SMILES string of the molecule is CCCCCOC1CCC(C2CCCCC2)CC1. The molecule has 0 spiro atoms. The Hall–Kier alpha value is -0.0400. The van der Waals surface area contributed by atoms with E-state index in [1.165, 1.54) is 77.0 Å². The Bertz CT molecular complexity index is 200. The molecule has 18 heavy (non-hydrogen) atoms. The van der Waals surface area contributed by atoms with Gasteiger partial charge in [0.2, 0.25) is 0 Å². The molecular weight excluding hydrogens is 220 g/mol. The Morgan fingerprint density at radius 3 is 2.11 bits per heavy atom. The van der Waals surface area contributed by atoms with Crippen LogP contribution in [0.4, 0.5) is 0 Å². The summed E-state index contributed by atoms with van der Waals surface area (Å²) in [6.45, 7) is 3.27. The summed E-state index contributed by atoms with van der Waals surface area (Å²) in [5, 5.41) is 0. The molecule has 106 valence electrons. The Balaban J connectivity index is 1.58. The second-order valence-corrected chi connectivity index (χ2v) is 6.51. The summed E-state index contributed by atoms with van der Waals surface area (Å²) in [6, 6.07) is 0. The fourth-order valence-electron chi connectivity index (χ4n) is 3.93. The first-order valence-electron chi connectivity index (χ1n) is 8.51. The predicted octanol–water partition coefficient (Wildman–Crippen LogP) is 5.33. The molecule has 1 nitrogen and oxygen atoms in total. The third-order valence-corrected chi connectivity index (χ3v) is 5.14. The van der Waals surface area contributed by atoms with Crippen LogP contribution < -0.4 is 0 Å². The Morgan fingerprint density at radius 2 is 1.44 bits per heavy atom. The van der Waals surface area contributed by atoms with E-state index in [2.05, 4.69) is 6.92 Å². The molecule has 2 saturated carbocycles. The average Bonchev–Trinajstić information content (AvgIpc) is 2.45. The van der Waals surface area contributed by atoms with Gasteiger partial charge in [-0.1, -0.05) is 51.9 Å². The van der Waals surface area contributed by atoms with Gasteiger partial charge in [0.15, 0.2) is 0 Å². The molecule has 0 heterocycles. The highest BCUT2D eigenvalue weighted by Crippen LogP contribution is 2.38. The van der Waals surface area contributed by atoms with Gasteiger partial charge in [-0.25, -0.2) is 0 Å². The van der Waals surface area contributed by atoms with Crippen molar-refractivity contribution in [1.82, 2.24) is 0 Å². The molecule has 0 atom stereocenters. The van der Waals surface area contributed by atoms with E-state index in [4.69, 9.17) is 4.74 Å². The van der Waals surface area contributed by atoms with Gasteiger partial charge in [0, 0.05) is 6.61 Å². The minimum atomic E-state index is 0.599. The lowest BCUT2D eigenvalue weighted by Crippen LogP contribution is -2.27. The van der Waals surface area contributed by atoms with Crippen molar-refractivity contribution >= 4 is 0 Å². The zero-order chi connectivity index (χ0) is 12.6. The first kappa shape index (κ1) is 14.4. The molecule has 0 aromatic carbocycles. The van der Waals surface area contributed by atoms with Gasteiger partial charge >= 0.3 is 0 Å². The van der Waals surface area contributed by atoms with Gasteiger partial charge in [0.25, 0.3) is 0 Å². The summed E-state index contributed by atoms with van der Waals surface area (Å²) in [5.74, 6) is 2.11. The van der Waals surface area contributed by atoms with Crippen molar-refractivity contribution in [1.29, 1.82) is 0 Å². The monoisotopic (exact) mass is 252 g/mol. The van der Waals surface area contributed by atoms with E-state index in [0.717, 1.165) is 18.4 Å². The molecule has 0 saturated heterocycles. The van der Waals surface area contributed by atoms with E-state index >= 15 is 0 Å². The van der Waals surface area contributed by atoms with Crippen molar-refractivity contribution in [2.45, 2.75) is 90.1 Å². The standard InChI is InChI=1S/C17H32O/c1-2-3-7-14-18-17-12-10-16(11-13-17)15-8-5-4-6-9-15/h15-17H,2-14H2,1H3. The second kappa shape index (κ2) is 8.19. The lowest BCUT2D eigenvalue weighted by atomic mass is 9.73. The molecule has 2 rings (SSSR count). The van der Waals surface area contributed by atoms with E-state index < -0.39 is 0 Å². The van der Waals surface area contributed by atoms with Crippen LogP contribution in [-0.4, -0.2) is 12.7 Å². The molecular formula is C17H32O. The molecule has 0 aliphatic heterocycles. The first-order chi connectivity index (χ1) is 8.90. The zero-order valence-corrected chi connectivity index (χ0v) is 12.3. The number of hydrogen-bond donors (Lipinski definition) is 0. The van der Waals surface area contributed by atoms with E-state index in [0.29, 0.717) is 6.10 Å². The number of hydrogen-bond acceptors (Lipinski definition) is 1. The maximum absolute atomic E-state index is 6.02. The quantitative estimate of drug-likeness (QED) is 0.580. The average molecular weight is 252 g/mol. The van der Waals surface area contributed by atoms with Crippen molar-refractivity contribution in [3.63, 3.8) is 0 Å². The van der Waals surface area contributed by atoms with Crippen LogP contribution in [0.2, 0.25) is 0 Å². The molecule has 0 N–H and O–H groups in total. The van der Waals surface area contributed by atoms with Crippen molar-refractivity contribution in [3.8, 4) is 0 Å². The molecule has 0 radical (unpaired) electrons. The Labute approximate surface area is 114 Å². The Kier molecular flexibility index (Phi) is 6.54. The van der Waals surface area contributed by atoms with Crippen molar-refractivity contribution < 1.29 is 4.74 Å². The summed E-state index contributed by atoms with van der Waals surface area (Å²) >= 11 is 0. The third-order valence-electron chi connectivity index (χ3n) is 5.14. The first-order valence-corrected chi connectivity index (χ1v) is 8.51. The van der Waals surface area contributed by atoms with Crippen molar-refractivity contribution in [2.24, 2.45) is 11.8 Å². The van der Waals surface area contributed by atoms with Gasteiger partial charge in [-0.05, 0) is 43.9 Å². The van der Waals surface area contributed by atoms with Gasteiger partial charge in [-0.15, -0.1) is 0 Å². The van der Waals surface area contributed by atoms with Crippen LogP contribution in [0.25, 0.3) is 0 Å². The van der Waals surface area contributed by atoms with Crippen LogP contribution in [0.15, 0.2) is 0 Å². The molecule has 2 aliphatic carbocycles. The summed E-state index contributed by atoms with van der Waals surface area (Å²) < 4.78 is 6.02. The number of unbranched alkanes of at least 4 members (excludes halogenated alkanes) is 2. The van der Waals surface area contributed by atoms with Crippen LogP contribution >= 0.6 is 0 Å². The number of ether oxygens (including phenoxy) is 1. The van der Waals surface area contributed by atoms with E-state index in [9.17, 15) is 0 Å². The molecule has 2 fully saturated rings. The normalized spacial score (nSPS) is 30.5. The summed E-state index contributed by atoms with van der Waals surface area (Å²) in [7, 11) is 0. The molecule has 0 aromatic heterocycles. The summed E-state index contributed by atoms with van der Waals surface area (Å²) in [4.78, 5) is 0. The molecule has 0 unspecified atom stereocenters. The van der Waals surface area contributed by atoms with Crippen LogP contribution in [0.5, 0.6) is 0 Å². The fourth-order valence-corrected chi connectivity index (χ4v) is 3.93. The van der Waals surface area contributed by atoms with Gasteiger partial charge in [-0.3, -0.25) is 0 Å². The lowest BCUT2D eigenvalue weighted by molar-refractivity contribution is 0.00680. The van der Waals surface area contributed by atoms with Gasteiger partial charge in [0.05, 0.1) is 6.10 Å². The minimum Gasteiger partial charge on any atom is -0.378 e. The zero-order valence-electron chi connectivity index (χ0n) is 12.3. The van der Waals surface area contributed by atoms with Gasteiger partial charge in [0.1, 0.15) is 0 Å². The van der Waals surface area contributed by atoms with Crippen LogP contribution in [0.1, 0.15) is 84.0 Å². The van der Waals surface area contributed by atoms with Crippen LogP contribution in [0.3, 0.4) is 0 Å². The fraction of sp³-hybridized carbons (Fsp3) is 1.00. The van der Waals surface area contributed by atoms with Crippen LogP contribution in [-0.2, 0) is 4.74 Å². The third kappa shape index (κ3) is 4.57. The van der Waals surface area contributed by atoms with Crippen molar-refractivity contribution in [3.05, 3.63) is 0 Å². The molecule has 0 amide bonds. The molecule has 1 heteroatoms. The predicted molar refractivity (Wildman–Crippen MR) is 77.8 cm³/mol. The topological polar surface area (TPSA) is 9.23 Å². The van der Waals surface area contributed by atoms with Crippen molar-refractivity contribution in [2.75, 3.05) is 6.61 Å². The second-order valence-electron chi connectivity index (χ2n) is 6.51. The maximum Gasteiger partial charge on any atom is 0.0575 e. The molecule has 2 aliphatic rings. The maximum atomic E-state index is 6.02. The summed E-state index contributed by atoms with van der Waals surface area (Å²) in [5.41, 5.74) is 0. The van der Waals surface area contributed by atoms with Gasteiger partial charge < -0.3 is 4.74 Å². The van der Waals surface area contributed by atoms with Gasteiger partial charge in [-0.2, -0.15) is 0 Å². The summed E-state index contributed by atoms with van der Waals surface area (Å²) in [6.07, 6.45) is 17.6.